The summed E-state index contributed by atoms with van der Waals surface area (Å²) in [6.07, 6.45) is 0. The molecule has 2 aromatic carbocycles. The molecule has 2 rings (SSSR count). The Balaban J connectivity index is 2.19. The van der Waals surface area contributed by atoms with E-state index >= 15 is 0 Å². The molecule has 0 saturated heterocycles. The fraction of sp³-hybridized carbons (Fsp3) is 0.200. The Hall–Kier alpha value is -1.65. The minimum atomic E-state index is -0.448. The highest BCUT2D eigenvalue weighted by molar-refractivity contribution is 6.32. The molecule has 0 atom stereocenters. The molecule has 0 unspecified atom stereocenters. The number of benzene rings is 2. The molecule has 0 amide bonds. The van der Waals surface area contributed by atoms with Gasteiger partial charge in [-0.3, -0.25) is 0 Å². The molecular formula is C15H14Cl2FNO2. The van der Waals surface area contributed by atoms with Gasteiger partial charge in [0.15, 0.2) is 0 Å². The number of methoxy groups -OCH3 is 2. The van der Waals surface area contributed by atoms with Crippen molar-refractivity contribution >= 4 is 28.9 Å². The summed E-state index contributed by atoms with van der Waals surface area (Å²) in [6.45, 7) is 0.410. The summed E-state index contributed by atoms with van der Waals surface area (Å²) in [7, 11) is 3.08. The first-order valence-corrected chi connectivity index (χ1v) is 6.90. The molecule has 2 aromatic rings. The SMILES string of the molecule is COc1cc(OC)c(NCc2ccc(Cl)c(F)c2)cc1Cl. The monoisotopic (exact) mass is 329 g/mol. The summed E-state index contributed by atoms with van der Waals surface area (Å²) in [5.41, 5.74) is 1.45. The number of anilines is 1. The van der Waals surface area contributed by atoms with Crippen molar-refractivity contribution < 1.29 is 13.9 Å². The van der Waals surface area contributed by atoms with E-state index in [1.807, 2.05) is 0 Å². The van der Waals surface area contributed by atoms with Gasteiger partial charge in [0.05, 0.1) is 30.0 Å². The lowest BCUT2D eigenvalue weighted by Crippen LogP contribution is -2.02. The van der Waals surface area contributed by atoms with Crippen LogP contribution in [-0.2, 0) is 6.54 Å². The summed E-state index contributed by atoms with van der Waals surface area (Å²) in [4.78, 5) is 0. The lowest BCUT2D eigenvalue weighted by Gasteiger charge is -2.14. The van der Waals surface area contributed by atoms with E-state index in [9.17, 15) is 4.39 Å². The molecule has 21 heavy (non-hydrogen) atoms. The Bertz CT molecular complexity index is 650. The molecule has 0 saturated carbocycles. The molecule has 112 valence electrons. The molecule has 0 spiro atoms. The number of hydrogen-bond donors (Lipinski definition) is 1. The van der Waals surface area contributed by atoms with Crippen molar-refractivity contribution in [3.63, 3.8) is 0 Å². The van der Waals surface area contributed by atoms with Crippen molar-refractivity contribution in [2.24, 2.45) is 0 Å². The Morgan fingerprint density at radius 2 is 1.71 bits per heavy atom. The molecule has 6 heteroatoms. The van der Waals surface area contributed by atoms with Crippen molar-refractivity contribution in [1.29, 1.82) is 0 Å². The Kier molecular flexibility index (Phi) is 5.15. The molecule has 3 nitrogen and oxygen atoms in total. The predicted octanol–water partition coefficient (Wildman–Crippen LogP) is 4.76. The van der Waals surface area contributed by atoms with E-state index in [2.05, 4.69) is 5.32 Å². The summed E-state index contributed by atoms with van der Waals surface area (Å²) >= 11 is 11.7. The van der Waals surface area contributed by atoms with Crippen molar-refractivity contribution in [3.05, 3.63) is 51.8 Å². The van der Waals surface area contributed by atoms with Crippen molar-refractivity contribution in [2.45, 2.75) is 6.54 Å². The Labute approximate surface area is 132 Å². The standard InChI is InChI=1S/C15H14Cl2FNO2/c1-20-14-7-15(21-2)13(6-11(14)17)19-8-9-3-4-10(16)12(18)5-9/h3-7,19H,8H2,1-2H3. The van der Waals surface area contributed by atoms with E-state index < -0.39 is 5.82 Å². The second-order valence-electron chi connectivity index (χ2n) is 4.29. The van der Waals surface area contributed by atoms with Gasteiger partial charge in [-0.2, -0.15) is 0 Å². The van der Waals surface area contributed by atoms with Crippen LogP contribution >= 0.6 is 23.2 Å². The van der Waals surface area contributed by atoms with Gasteiger partial charge < -0.3 is 14.8 Å². The van der Waals surface area contributed by atoms with Gasteiger partial charge in [-0.1, -0.05) is 29.3 Å². The van der Waals surface area contributed by atoms with Gasteiger partial charge in [0.1, 0.15) is 17.3 Å². The molecule has 0 aliphatic heterocycles. The van der Waals surface area contributed by atoms with Gasteiger partial charge in [0, 0.05) is 12.6 Å². The smallest absolute Gasteiger partial charge is 0.145 e. The first kappa shape index (κ1) is 15.7. The van der Waals surface area contributed by atoms with E-state index in [0.717, 1.165) is 5.56 Å². The van der Waals surface area contributed by atoms with Crippen LogP contribution in [-0.4, -0.2) is 14.2 Å². The van der Waals surface area contributed by atoms with Crippen LogP contribution in [0.2, 0.25) is 10.0 Å². The van der Waals surface area contributed by atoms with E-state index in [1.165, 1.54) is 19.2 Å². The molecule has 0 bridgehead atoms. The van der Waals surface area contributed by atoms with E-state index in [1.54, 1.807) is 25.3 Å². The fourth-order valence-corrected chi connectivity index (χ4v) is 2.20. The highest BCUT2D eigenvalue weighted by atomic mass is 35.5. The van der Waals surface area contributed by atoms with Gasteiger partial charge in [0.2, 0.25) is 0 Å². The minimum absolute atomic E-state index is 0.101. The molecule has 0 aliphatic carbocycles. The number of rotatable bonds is 5. The summed E-state index contributed by atoms with van der Waals surface area (Å²) in [5.74, 6) is 0.665. The van der Waals surface area contributed by atoms with E-state index in [4.69, 9.17) is 32.7 Å². The topological polar surface area (TPSA) is 30.5 Å². The van der Waals surface area contributed by atoms with Crippen LogP contribution in [0.1, 0.15) is 5.56 Å². The van der Waals surface area contributed by atoms with Crippen LogP contribution < -0.4 is 14.8 Å². The molecule has 0 fully saturated rings. The largest absolute Gasteiger partial charge is 0.495 e. The maximum absolute atomic E-state index is 13.4. The summed E-state index contributed by atoms with van der Waals surface area (Å²) < 4.78 is 23.8. The van der Waals surface area contributed by atoms with Crippen LogP contribution in [0, 0.1) is 5.82 Å². The Morgan fingerprint density at radius 1 is 1.00 bits per heavy atom. The number of nitrogens with one attached hydrogen (secondary N) is 1. The number of halogens is 3. The van der Waals surface area contributed by atoms with Crippen molar-refractivity contribution in [3.8, 4) is 11.5 Å². The first-order valence-electron chi connectivity index (χ1n) is 6.14. The first-order chi connectivity index (χ1) is 10.0. The number of ether oxygens (including phenoxy) is 2. The highest BCUT2D eigenvalue weighted by Gasteiger charge is 2.10. The second kappa shape index (κ2) is 6.87. The zero-order valence-electron chi connectivity index (χ0n) is 11.5. The zero-order chi connectivity index (χ0) is 15.4. The molecule has 0 aliphatic rings. The van der Waals surface area contributed by atoms with Gasteiger partial charge in [0.25, 0.3) is 0 Å². The quantitative estimate of drug-likeness (QED) is 0.857. The summed E-state index contributed by atoms with van der Waals surface area (Å²) in [6, 6.07) is 8.04. The minimum Gasteiger partial charge on any atom is -0.495 e. The lowest BCUT2D eigenvalue weighted by atomic mass is 10.2. The van der Waals surface area contributed by atoms with Crippen LogP contribution in [0.15, 0.2) is 30.3 Å². The van der Waals surface area contributed by atoms with Crippen molar-refractivity contribution in [2.75, 3.05) is 19.5 Å². The maximum atomic E-state index is 13.4. The third-order valence-electron chi connectivity index (χ3n) is 2.94. The van der Waals surface area contributed by atoms with Crippen LogP contribution in [0.4, 0.5) is 10.1 Å². The lowest BCUT2D eigenvalue weighted by molar-refractivity contribution is 0.395. The average molecular weight is 330 g/mol. The van der Waals surface area contributed by atoms with E-state index in [0.29, 0.717) is 28.8 Å². The molecule has 0 heterocycles. The van der Waals surface area contributed by atoms with Gasteiger partial charge in [-0.25, -0.2) is 4.39 Å². The third-order valence-corrected chi connectivity index (χ3v) is 3.54. The zero-order valence-corrected chi connectivity index (χ0v) is 13.1. The van der Waals surface area contributed by atoms with Crippen LogP contribution in [0.25, 0.3) is 0 Å². The second-order valence-corrected chi connectivity index (χ2v) is 5.10. The van der Waals surface area contributed by atoms with Gasteiger partial charge >= 0.3 is 0 Å². The molecule has 1 N–H and O–H groups in total. The van der Waals surface area contributed by atoms with Gasteiger partial charge in [-0.05, 0) is 23.8 Å². The summed E-state index contributed by atoms with van der Waals surface area (Å²) in [5, 5.41) is 3.71. The van der Waals surface area contributed by atoms with Gasteiger partial charge in [-0.15, -0.1) is 0 Å². The predicted molar refractivity (Wildman–Crippen MR) is 83.3 cm³/mol. The Morgan fingerprint density at radius 3 is 2.33 bits per heavy atom. The fourth-order valence-electron chi connectivity index (χ4n) is 1.85. The normalized spacial score (nSPS) is 10.3. The maximum Gasteiger partial charge on any atom is 0.145 e. The third kappa shape index (κ3) is 3.71. The van der Waals surface area contributed by atoms with Crippen LogP contribution in [0.5, 0.6) is 11.5 Å². The average Bonchev–Trinajstić information content (AvgIpc) is 2.48. The van der Waals surface area contributed by atoms with Crippen molar-refractivity contribution in [1.82, 2.24) is 0 Å². The number of hydrogen-bond acceptors (Lipinski definition) is 3. The highest BCUT2D eigenvalue weighted by Crippen LogP contribution is 2.36. The van der Waals surface area contributed by atoms with Crippen LogP contribution in [0.3, 0.4) is 0 Å². The molecule has 0 aromatic heterocycles. The van der Waals surface area contributed by atoms with E-state index in [-0.39, 0.29) is 5.02 Å². The molecule has 0 radical (unpaired) electrons. The molecular weight excluding hydrogens is 316 g/mol.